The van der Waals surface area contributed by atoms with E-state index < -0.39 is 10.8 Å². The molecule has 2 amide bonds. The number of carbonyl (C=O) groups is 2. The number of rotatable bonds is 9. The Hall–Kier alpha value is -3.95. The summed E-state index contributed by atoms with van der Waals surface area (Å²) in [4.78, 5) is 35.8. The van der Waals surface area contributed by atoms with E-state index in [0.717, 1.165) is 0 Å². The molecule has 0 bridgehead atoms. The fourth-order valence-corrected chi connectivity index (χ4v) is 3.22. The molecule has 0 aliphatic rings. The van der Waals surface area contributed by atoms with Gasteiger partial charge in [-0.05, 0) is 42.5 Å². The van der Waals surface area contributed by atoms with Crippen LogP contribution in [0.25, 0.3) is 0 Å². The molecule has 0 saturated carbocycles. The minimum Gasteiger partial charge on any atom is -0.383 e. The third-order valence-electron chi connectivity index (χ3n) is 4.57. The summed E-state index contributed by atoms with van der Waals surface area (Å²) in [5.74, 6) is -0.926. The van der Waals surface area contributed by atoms with Crippen LogP contribution < -0.4 is 16.0 Å². The largest absolute Gasteiger partial charge is 0.383 e. The lowest BCUT2D eigenvalue weighted by molar-refractivity contribution is -0.383. The lowest BCUT2D eigenvalue weighted by Crippen LogP contribution is -2.27. The molecule has 0 unspecified atom stereocenters. The van der Waals surface area contributed by atoms with Crippen LogP contribution in [-0.4, -0.2) is 37.0 Å². The molecule has 9 nitrogen and oxygen atoms in total. The molecule has 3 N–H and O–H groups in total. The number of amides is 2. The van der Waals surface area contributed by atoms with E-state index in [1.807, 2.05) is 6.07 Å². The first-order valence-electron chi connectivity index (χ1n) is 9.87. The summed E-state index contributed by atoms with van der Waals surface area (Å²) in [6.45, 7) is 0.696. The fourth-order valence-electron chi connectivity index (χ4n) is 2.95. The first-order valence-corrected chi connectivity index (χ1v) is 10.3. The number of carbonyl (C=O) groups excluding carboxylic acids is 2. The van der Waals surface area contributed by atoms with Crippen LogP contribution in [-0.2, 0) is 4.74 Å². The molecule has 10 heteroatoms. The topological polar surface area (TPSA) is 123 Å². The second kappa shape index (κ2) is 11.1. The van der Waals surface area contributed by atoms with Crippen LogP contribution in [0.4, 0.5) is 22.7 Å². The van der Waals surface area contributed by atoms with E-state index in [2.05, 4.69) is 16.0 Å². The van der Waals surface area contributed by atoms with Crippen LogP contribution in [0.5, 0.6) is 0 Å². The highest BCUT2D eigenvalue weighted by Crippen LogP contribution is 2.29. The molecule has 3 aromatic carbocycles. The van der Waals surface area contributed by atoms with Gasteiger partial charge >= 0.3 is 0 Å². The highest BCUT2D eigenvalue weighted by Gasteiger charge is 2.19. The van der Waals surface area contributed by atoms with Crippen molar-refractivity contribution < 1.29 is 19.2 Å². The van der Waals surface area contributed by atoms with E-state index in [1.165, 1.54) is 43.5 Å². The number of halogens is 1. The van der Waals surface area contributed by atoms with Gasteiger partial charge in [-0.2, -0.15) is 0 Å². The molecule has 0 heterocycles. The maximum absolute atomic E-state index is 12.7. The number of nitrogens with one attached hydrogen (secondary N) is 3. The SMILES string of the molecule is COCCNC(=O)c1ccc(NC(=O)c2ccc(Nc3ccccc3)c([N+](=O)[O-])c2)cc1Cl. The average molecular weight is 469 g/mol. The van der Waals surface area contributed by atoms with Gasteiger partial charge in [0.05, 0.1) is 22.1 Å². The Bertz CT molecular complexity index is 1170. The first-order chi connectivity index (χ1) is 15.9. The minimum absolute atomic E-state index is 0.0952. The van der Waals surface area contributed by atoms with Gasteiger partial charge in [-0.15, -0.1) is 0 Å². The van der Waals surface area contributed by atoms with Gasteiger partial charge in [0.25, 0.3) is 17.5 Å². The summed E-state index contributed by atoms with van der Waals surface area (Å²) in [6.07, 6.45) is 0. The molecule has 0 aliphatic carbocycles. The van der Waals surface area contributed by atoms with E-state index in [0.29, 0.717) is 24.5 Å². The summed E-state index contributed by atoms with van der Waals surface area (Å²) >= 11 is 6.19. The number of nitrogens with zero attached hydrogens (tertiary/aromatic N) is 1. The number of nitro groups is 1. The van der Waals surface area contributed by atoms with Crippen molar-refractivity contribution in [3.05, 3.63) is 93.0 Å². The predicted molar refractivity (Wildman–Crippen MR) is 126 cm³/mol. The number of methoxy groups -OCH3 is 1. The second-order valence-electron chi connectivity index (χ2n) is 6.88. The minimum atomic E-state index is -0.560. The van der Waals surface area contributed by atoms with Gasteiger partial charge in [-0.25, -0.2) is 0 Å². The van der Waals surface area contributed by atoms with Gasteiger partial charge in [0.1, 0.15) is 5.69 Å². The van der Waals surface area contributed by atoms with Crippen molar-refractivity contribution in [2.24, 2.45) is 0 Å². The Morgan fingerprint density at radius 1 is 1.00 bits per heavy atom. The number of hydrogen-bond acceptors (Lipinski definition) is 6. The number of anilines is 3. The van der Waals surface area contributed by atoms with E-state index in [-0.39, 0.29) is 33.4 Å². The van der Waals surface area contributed by atoms with Gasteiger partial charge in [-0.3, -0.25) is 19.7 Å². The smallest absolute Gasteiger partial charge is 0.293 e. The molecular weight excluding hydrogens is 448 g/mol. The van der Waals surface area contributed by atoms with Crippen molar-refractivity contribution in [2.45, 2.75) is 0 Å². The fraction of sp³-hybridized carbons (Fsp3) is 0.130. The van der Waals surface area contributed by atoms with Gasteiger partial charge in [0.15, 0.2) is 0 Å². The molecule has 3 aromatic rings. The first kappa shape index (κ1) is 23.7. The molecule has 0 spiro atoms. The van der Waals surface area contributed by atoms with Crippen LogP contribution in [0.2, 0.25) is 5.02 Å². The Morgan fingerprint density at radius 2 is 1.76 bits per heavy atom. The van der Waals surface area contributed by atoms with Gasteiger partial charge in [-0.1, -0.05) is 29.8 Å². The Balaban J connectivity index is 1.74. The quantitative estimate of drug-likeness (QED) is 0.239. The van der Waals surface area contributed by atoms with Crippen LogP contribution >= 0.6 is 11.6 Å². The maximum atomic E-state index is 12.7. The number of para-hydroxylation sites is 1. The van der Waals surface area contributed by atoms with Crippen LogP contribution in [0.3, 0.4) is 0 Å². The monoisotopic (exact) mass is 468 g/mol. The molecule has 170 valence electrons. The summed E-state index contributed by atoms with van der Waals surface area (Å²) in [5.41, 5.74) is 1.38. The molecule has 0 saturated heterocycles. The normalized spacial score (nSPS) is 10.4. The van der Waals surface area contributed by atoms with Gasteiger partial charge in [0, 0.05) is 36.7 Å². The van der Waals surface area contributed by atoms with Crippen LogP contribution in [0.1, 0.15) is 20.7 Å². The molecular formula is C23H21ClN4O5. The maximum Gasteiger partial charge on any atom is 0.293 e. The van der Waals surface area contributed by atoms with E-state index in [1.54, 1.807) is 24.3 Å². The molecule has 0 fully saturated rings. The zero-order valence-corrected chi connectivity index (χ0v) is 18.4. The van der Waals surface area contributed by atoms with Crippen molar-refractivity contribution in [3.63, 3.8) is 0 Å². The third kappa shape index (κ3) is 6.28. The van der Waals surface area contributed by atoms with Crippen molar-refractivity contribution in [1.29, 1.82) is 0 Å². The Morgan fingerprint density at radius 3 is 2.42 bits per heavy atom. The lowest BCUT2D eigenvalue weighted by Gasteiger charge is -2.11. The van der Waals surface area contributed by atoms with Gasteiger partial charge < -0.3 is 20.7 Å². The number of benzene rings is 3. The summed E-state index contributed by atoms with van der Waals surface area (Å²) in [6, 6.07) is 17.6. The molecule has 0 aliphatic heterocycles. The third-order valence-corrected chi connectivity index (χ3v) is 4.89. The van der Waals surface area contributed by atoms with Crippen molar-refractivity contribution >= 4 is 46.2 Å². The molecule has 33 heavy (non-hydrogen) atoms. The van der Waals surface area contributed by atoms with Crippen molar-refractivity contribution in [3.8, 4) is 0 Å². The summed E-state index contributed by atoms with van der Waals surface area (Å²) in [7, 11) is 1.53. The van der Waals surface area contributed by atoms with E-state index in [9.17, 15) is 19.7 Å². The second-order valence-corrected chi connectivity index (χ2v) is 7.28. The highest BCUT2D eigenvalue weighted by molar-refractivity contribution is 6.34. The van der Waals surface area contributed by atoms with E-state index in [4.69, 9.17) is 16.3 Å². The number of ether oxygens (including phenoxy) is 1. The van der Waals surface area contributed by atoms with Crippen molar-refractivity contribution in [1.82, 2.24) is 5.32 Å². The predicted octanol–water partition coefficient (Wildman–Crippen LogP) is 4.62. The van der Waals surface area contributed by atoms with Crippen LogP contribution in [0, 0.1) is 10.1 Å². The molecule has 0 radical (unpaired) electrons. The lowest BCUT2D eigenvalue weighted by atomic mass is 10.1. The standard InChI is InChI=1S/C23H21ClN4O5/c1-33-12-11-25-23(30)18-9-8-17(14-19(18)24)27-22(29)15-7-10-20(21(13-15)28(31)32)26-16-5-3-2-4-6-16/h2-10,13-14,26H,11-12H2,1H3,(H,25,30)(H,27,29). The summed E-state index contributed by atoms with van der Waals surface area (Å²) < 4.78 is 4.88. The van der Waals surface area contributed by atoms with E-state index >= 15 is 0 Å². The molecule has 3 rings (SSSR count). The van der Waals surface area contributed by atoms with Gasteiger partial charge in [0.2, 0.25) is 0 Å². The summed E-state index contributed by atoms with van der Waals surface area (Å²) in [5, 5.41) is 20.0. The number of nitro benzene ring substituents is 1. The Kier molecular flexibility index (Phi) is 7.96. The highest BCUT2D eigenvalue weighted by atomic mass is 35.5. The Labute approximate surface area is 194 Å². The van der Waals surface area contributed by atoms with Crippen LogP contribution in [0.15, 0.2) is 66.7 Å². The van der Waals surface area contributed by atoms with Crippen molar-refractivity contribution in [2.75, 3.05) is 30.9 Å². The molecule has 0 atom stereocenters. The number of hydrogen-bond donors (Lipinski definition) is 3. The zero-order chi connectivity index (χ0) is 23.8. The molecule has 0 aromatic heterocycles. The zero-order valence-electron chi connectivity index (χ0n) is 17.6. The average Bonchev–Trinajstić information content (AvgIpc) is 2.80.